The van der Waals surface area contributed by atoms with E-state index in [9.17, 15) is 4.79 Å². The molecule has 3 aromatic rings. The van der Waals surface area contributed by atoms with Gasteiger partial charge < -0.3 is 10.1 Å². The number of fused-ring (bicyclic) bond motifs is 1. The summed E-state index contributed by atoms with van der Waals surface area (Å²) >= 11 is 0. The van der Waals surface area contributed by atoms with Gasteiger partial charge in [0.1, 0.15) is 11.4 Å². The number of nitrogens with one attached hydrogen (secondary N) is 1. The fourth-order valence-corrected chi connectivity index (χ4v) is 2.52. The summed E-state index contributed by atoms with van der Waals surface area (Å²) in [5.74, 6) is 0.587. The van der Waals surface area contributed by atoms with Gasteiger partial charge in [0.2, 0.25) is 0 Å². The zero-order chi connectivity index (χ0) is 18.2. The maximum absolute atomic E-state index is 12.4. The highest BCUT2D eigenvalue weighted by Crippen LogP contribution is 2.14. The highest BCUT2D eigenvalue weighted by Gasteiger charge is 2.08. The van der Waals surface area contributed by atoms with Gasteiger partial charge >= 0.3 is 0 Å². The number of hydrogen-bond donors (Lipinski definition) is 1. The molecule has 0 aliphatic carbocycles. The van der Waals surface area contributed by atoms with E-state index < -0.39 is 0 Å². The van der Waals surface area contributed by atoms with E-state index in [1.165, 1.54) is 0 Å². The second kappa shape index (κ2) is 8.76. The van der Waals surface area contributed by atoms with Crippen molar-refractivity contribution in [2.45, 2.75) is 19.4 Å². The molecule has 1 amide bonds. The molecule has 132 valence electrons. The molecule has 2 aromatic heterocycles. The van der Waals surface area contributed by atoms with Gasteiger partial charge in [-0.1, -0.05) is 18.2 Å². The van der Waals surface area contributed by atoms with Crippen LogP contribution in [0.2, 0.25) is 0 Å². The van der Waals surface area contributed by atoms with Crippen molar-refractivity contribution < 1.29 is 9.53 Å². The van der Waals surface area contributed by atoms with Gasteiger partial charge in [0.05, 0.1) is 17.6 Å². The zero-order valence-electron chi connectivity index (χ0n) is 14.5. The fourth-order valence-electron chi connectivity index (χ4n) is 2.52. The molecule has 0 fully saturated rings. The molecule has 0 spiro atoms. The number of nitrogens with zero attached hydrogens (tertiary/aromatic N) is 2. The maximum Gasteiger partial charge on any atom is 0.270 e. The molecule has 0 radical (unpaired) electrons. The van der Waals surface area contributed by atoms with E-state index in [1.54, 1.807) is 24.4 Å². The molecule has 1 aromatic carbocycles. The van der Waals surface area contributed by atoms with Crippen molar-refractivity contribution in [1.29, 1.82) is 0 Å². The molecule has 5 nitrogen and oxygen atoms in total. The highest BCUT2D eigenvalue weighted by atomic mass is 16.5. The van der Waals surface area contributed by atoms with Crippen LogP contribution in [0.3, 0.4) is 0 Å². The molecular formula is C21H21N3O2. The Morgan fingerprint density at radius 1 is 1.15 bits per heavy atom. The normalized spacial score (nSPS) is 10.5. The average molecular weight is 347 g/mol. The minimum absolute atomic E-state index is 0.215. The first-order chi connectivity index (χ1) is 12.8. The van der Waals surface area contributed by atoms with Crippen LogP contribution in [0.1, 0.15) is 28.9 Å². The standard InChI is InChI=1S/C21H21N3O2/c1-2-3-4-13-26-17-8-5-7-16(14-17)15-23-21(25)20-11-10-18-19(24-20)9-6-12-22-18/h2,5-12,14H,1,3-4,13,15H2,(H,23,25). The summed E-state index contributed by atoms with van der Waals surface area (Å²) < 4.78 is 5.71. The SMILES string of the molecule is C=CCCCOc1cccc(CNC(=O)c2ccc3ncccc3n2)c1. The van der Waals surface area contributed by atoms with E-state index in [2.05, 4.69) is 21.9 Å². The Morgan fingerprint density at radius 3 is 2.96 bits per heavy atom. The van der Waals surface area contributed by atoms with E-state index in [1.807, 2.05) is 36.4 Å². The summed E-state index contributed by atoms with van der Waals surface area (Å²) in [6, 6.07) is 14.9. The molecule has 0 saturated heterocycles. The van der Waals surface area contributed by atoms with Crippen LogP contribution in [0.4, 0.5) is 0 Å². The summed E-state index contributed by atoms with van der Waals surface area (Å²) in [6.07, 6.45) is 5.46. The highest BCUT2D eigenvalue weighted by molar-refractivity contribution is 5.94. The average Bonchev–Trinajstić information content (AvgIpc) is 2.69. The monoisotopic (exact) mass is 347 g/mol. The largest absolute Gasteiger partial charge is 0.494 e. The number of ether oxygens (including phenoxy) is 1. The van der Waals surface area contributed by atoms with E-state index in [0.29, 0.717) is 24.4 Å². The van der Waals surface area contributed by atoms with Crippen molar-refractivity contribution in [3.8, 4) is 5.75 Å². The number of carbonyl (C=O) groups is 1. The van der Waals surface area contributed by atoms with Crippen LogP contribution in [0, 0.1) is 0 Å². The predicted molar refractivity (Wildman–Crippen MR) is 102 cm³/mol. The number of unbranched alkanes of at least 4 members (excludes halogenated alkanes) is 1. The molecule has 0 bridgehead atoms. The molecule has 0 saturated carbocycles. The Balaban J connectivity index is 1.59. The van der Waals surface area contributed by atoms with Crippen molar-refractivity contribution >= 4 is 16.9 Å². The van der Waals surface area contributed by atoms with Gasteiger partial charge in [-0.15, -0.1) is 6.58 Å². The summed E-state index contributed by atoms with van der Waals surface area (Å²) in [5.41, 5.74) is 2.82. The third-order valence-corrected chi connectivity index (χ3v) is 3.86. The van der Waals surface area contributed by atoms with Crippen LogP contribution in [0.5, 0.6) is 5.75 Å². The van der Waals surface area contributed by atoms with Gasteiger partial charge in [0, 0.05) is 12.7 Å². The molecule has 0 aliphatic heterocycles. The van der Waals surface area contributed by atoms with Crippen molar-refractivity contribution in [3.05, 3.63) is 78.6 Å². The molecule has 0 unspecified atom stereocenters. The number of aromatic nitrogens is 2. The molecule has 0 atom stereocenters. The number of pyridine rings is 2. The van der Waals surface area contributed by atoms with Crippen LogP contribution in [-0.2, 0) is 6.54 Å². The van der Waals surface area contributed by atoms with Crippen LogP contribution in [0.15, 0.2) is 67.4 Å². The van der Waals surface area contributed by atoms with Crippen LogP contribution in [0.25, 0.3) is 11.0 Å². The van der Waals surface area contributed by atoms with Crippen molar-refractivity contribution in [1.82, 2.24) is 15.3 Å². The van der Waals surface area contributed by atoms with Crippen molar-refractivity contribution in [2.24, 2.45) is 0 Å². The third kappa shape index (κ3) is 4.66. The Hall–Kier alpha value is -3.21. The van der Waals surface area contributed by atoms with Gasteiger partial charge in [-0.2, -0.15) is 0 Å². The summed E-state index contributed by atoms with van der Waals surface area (Å²) in [4.78, 5) is 20.9. The lowest BCUT2D eigenvalue weighted by Gasteiger charge is -2.09. The molecule has 2 heterocycles. The summed E-state index contributed by atoms with van der Waals surface area (Å²) in [5, 5.41) is 2.89. The van der Waals surface area contributed by atoms with Gasteiger partial charge in [-0.3, -0.25) is 9.78 Å². The molecule has 3 rings (SSSR count). The van der Waals surface area contributed by atoms with Crippen LogP contribution >= 0.6 is 0 Å². The Labute approximate surface area is 152 Å². The second-order valence-electron chi connectivity index (χ2n) is 5.85. The Kier molecular flexibility index (Phi) is 5.93. The summed E-state index contributed by atoms with van der Waals surface area (Å²) in [7, 11) is 0. The fraction of sp³-hybridized carbons (Fsp3) is 0.190. The first-order valence-corrected chi connectivity index (χ1v) is 8.59. The molecule has 5 heteroatoms. The Morgan fingerprint density at radius 2 is 2.08 bits per heavy atom. The quantitative estimate of drug-likeness (QED) is 0.496. The van der Waals surface area contributed by atoms with Gasteiger partial charge in [0.25, 0.3) is 5.91 Å². The van der Waals surface area contributed by atoms with E-state index in [0.717, 1.165) is 29.7 Å². The zero-order valence-corrected chi connectivity index (χ0v) is 14.5. The minimum atomic E-state index is -0.215. The number of carbonyl (C=O) groups excluding carboxylic acids is 1. The third-order valence-electron chi connectivity index (χ3n) is 3.86. The van der Waals surface area contributed by atoms with Gasteiger partial charge in [-0.05, 0) is 54.8 Å². The molecular weight excluding hydrogens is 326 g/mol. The molecule has 26 heavy (non-hydrogen) atoms. The van der Waals surface area contributed by atoms with Gasteiger partial charge in [0.15, 0.2) is 0 Å². The van der Waals surface area contributed by atoms with E-state index in [4.69, 9.17) is 4.74 Å². The van der Waals surface area contributed by atoms with E-state index in [-0.39, 0.29) is 5.91 Å². The van der Waals surface area contributed by atoms with E-state index >= 15 is 0 Å². The Bertz CT molecular complexity index is 908. The molecule has 0 aliphatic rings. The lowest BCUT2D eigenvalue weighted by Crippen LogP contribution is -2.23. The van der Waals surface area contributed by atoms with Crippen LogP contribution < -0.4 is 10.1 Å². The van der Waals surface area contributed by atoms with Crippen LogP contribution in [-0.4, -0.2) is 22.5 Å². The number of allylic oxidation sites excluding steroid dienone is 1. The first-order valence-electron chi connectivity index (χ1n) is 8.59. The first kappa shape index (κ1) is 17.6. The smallest absolute Gasteiger partial charge is 0.270 e. The second-order valence-corrected chi connectivity index (χ2v) is 5.85. The topological polar surface area (TPSA) is 64.1 Å². The number of rotatable bonds is 8. The number of amides is 1. The predicted octanol–water partition coefficient (Wildman–Crippen LogP) is 3.90. The molecule has 1 N–H and O–H groups in total. The van der Waals surface area contributed by atoms with Crippen molar-refractivity contribution in [2.75, 3.05) is 6.61 Å². The van der Waals surface area contributed by atoms with Crippen molar-refractivity contribution in [3.63, 3.8) is 0 Å². The number of benzene rings is 1. The lowest BCUT2D eigenvalue weighted by molar-refractivity contribution is 0.0946. The lowest BCUT2D eigenvalue weighted by atomic mass is 10.2. The minimum Gasteiger partial charge on any atom is -0.494 e. The summed E-state index contributed by atoms with van der Waals surface area (Å²) in [6.45, 7) is 4.76. The van der Waals surface area contributed by atoms with Gasteiger partial charge in [-0.25, -0.2) is 4.98 Å². The number of hydrogen-bond acceptors (Lipinski definition) is 4. The maximum atomic E-state index is 12.4.